The molecule has 2 rings (SSSR count). The number of carbonyl (C=O) groups is 2. The normalized spacial score (nSPS) is 23.8. The van der Waals surface area contributed by atoms with Gasteiger partial charge in [-0.3, -0.25) is 4.79 Å². The molecule has 22 heavy (non-hydrogen) atoms. The first-order valence-electron chi connectivity index (χ1n) is 7.33. The van der Waals surface area contributed by atoms with E-state index in [1.54, 1.807) is 20.8 Å². The molecule has 0 aromatic rings. The minimum Gasteiger partial charge on any atom is -0.444 e. The Kier molecular flexibility index (Phi) is 4.65. The molecule has 2 aliphatic heterocycles. The van der Waals surface area contributed by atoms with E-state index in [2.05, 4.69) is 5.32 Å². The van der Waals surface area contributed by atoms with Gasteiger partial charge >= 0.3 is 6.09 Å². The van der Waals surface area contributed by atoms with E-state index in [9.17, 15) is 9.59 Å². The summed E-state index contributed by atoms with van der Waals surface area (Å²) in [6.45, 7) is 6.15. The van der Waals surface area contributed by atoms with E-state index in [0.29, 0.717) is 26.1 Å². The molecule has 0 unspecified atom stereocenters. The van der Waals surface area contributed by atoms with E-state index in [1.165, 1.54) is 0 Å². The van der Waals surface area contributed by atoms with Crippen molar-refractivity contribution in [2.75, 3.05) is 26.4 Å². The van der Waals surface area contributed by atoms with Crippen molar-refractivity contribution in [3.8, 4) is 0 Å². The highest BCUT2D eigenvalue weighted by Crippen LogP contribution is 2.32. The number of carbonyl (C=O) groups excluding carboxylic acids is 2. The number of ether oxygens (including phenoxy) is 4. The first-order chi connectivity index (χ1) is 10.2. The predicted molar refractivity (Wildman–Crippen MR) is 76.0 cm³/mol. The molecule has 2 aliphatic rings. The number of nitrogens with two attached hydrogens (primary N) is 1. The lowest BCUT2D eigenvalue weighted by atomic mass is 9.97. The summed E-state index contributed by atoms with van der Waals surface area (Å²) >= 11 is 0. The Balaban J connectivity index is 2.02. The Labute approximate surface area is 129 Å². The smallest absolute Gasteiger partial charge is 0.408 e. The lowest BCUT2D eigenvalue weighted by Gasteiger charge is -2.46. The lowest BCUT2D eigenvalue weighted by molar-refractivity contribution is -0.309. The molecule has 0 atom stereocenters. The molecule has 2 fully saturated rings. The van der Waals surface area contributed by atoms with Crippen molar-refractivity contribution in [1.29, 1.82) is 0 Å². The Morgan fingerprint density at radius 1 is 1.14 bits per heavy atom. The van der Waals surface area contributed by atoms with Crippen LogP contribution >= 0.6 is 0 Å². The monoisotopic (exact) mass is 316 g/mol. The van der Waals surface area contributed by atoms with Crippen molar-refractivity contribution in [1.82, 2.24) is 5.32 Å². The van der Waals surface area contributed by atoms with E-state index < -0.39 is 28.9 Å². The number of primary amides is 1. The van der Waals surface area contributed by atoms with Gasteiger partial charge in [-0.05, 0) is 20.8 Å². The molecular formula is C14H24N2O6. The standard InChI is InChI=1S/C14H24N2O6/c1-12(2,3)22-11(18)16-13(10(15)17)8-20-14(21-9-13)4-6-19-7-5-14/h4-9H2,1-3H3,(H2,15,17)(H,16,18). The second-order valence-electron chi connectivity index (χ2n) is 6.67. The van der Waals surface area contributed by atoms with Gasteiger partial charge in [0.15, 0.2) is 11.3 Å². The summed E-state index contributed by atoms with van der Waals surface area (Å²) in [5.41, 5.74) is 3.33. The van der Waals surface area contributed by atoms with E-state index >= 15 is 0 Å². The molecular weight excluding hydrogens is 292 g/mol. The average molecular weight is 316 g/mol. The Bertz CT molecular complexity index is 429. The van der Waals surface area contributed by atoms with Gasteiger partial charge in [0.1, 0.15) is 5.60 Å². The van der Waals surface area contributed by atoms with Crippen LogP contribution in [0.5, 0.6) is 0 Å². The van der Waals surface area contributed by atoms with Gasteiger partial charge in [-0.15, -0.1) is 0 Å². The molecule has 8 heteroatoms. The second-order valence-corrected chi connectivity index (χ2v) is 6.67. The van der Waals surface area contributed by atoms with Crippen molar-refractivity contribution in [2.24, 2.45) is 5.73 Å². The van der Waals surface area contributed by atoms with Gasteiger partial charge in [-0.1, -0.05) is 0 Å². The number of hydrogen-bond donors (Lipinski definition) is 2. The van der Waals surface area contributed by atoms with Gasteiger partial charge in [0.25, 0.3) is 0 Å². The van der Waals surface area contributed by atoms with E-state index in [4.69, 9.17) is 24.7 Å². The minimum absolute atomic E-state index is 0.0540. The van der Waals surface area contributed by atoms with Crippen molar-refractivity contribution >= 4 is 12.0 Å². The number of rotatable bonds is 2. The van der Waals surface area contributed by atoms with E-state index in [1.807, 2.05) is 0 Å². The molecule has 1 spiro atoms. The zero-order chi connectivity index (χ0) is 16.4. The third-order valence-electron chi connectivity index (χ3n) is 3.63. The Hall–Kier alpha value is -1.38. The average Bonchev–Trinajstić information content (AvgIpc) is 2.40. The molecule has 2 saturated heterocycles. The number of amides is 2. The van der Waals surface area contributed by atoms with Gasteiger partial charge in [-0.2, -0.15) is 0 Å². The van der Waals surface area contributed by atoms with Gasteiger partial charge in [0, 0.05) is 12.8 Å². The molecule has 0 saturated carbocycles. The topological polar surface area (TPSA) is 109 Å². The molecule has 126 valence electrons. The van der Waals surface area contributed by atoms with Crippen LogP contribution in [0, 0.1) is 0 Å². The molecule has 0 aromatic carbocycles. The van der Waals surface area contributed by atoms with Crippen molar-refractivity contribution in [3.63, 3.8) is 0 Å². The summed E-state index contributed by atoms with van der Waals surface area (Å²) in [5.74, 6) is -1.48. The maximum Gasteiger partial charge on any atom is 0.408 e. The van der Waals surface area contributed by atoms with Crippen LogP contribution in [0.3, 0.4) is 0 Å². The molecule has 8 nitrogen and oxygen atoms in total. The van der Waals surface area contributed by atoms with Crippen molar-refractivity contribution in [3.05, 3.63) is 0 Å². The molecule has 0 aromatic heterocycles. The van der Waals surface area contributed by atoms with Crippen LogP contribution in [0.2, 0.25) is 0 Å². The van der Waals surface area contributed by atoms with Crippen LogP contribution in [-0.4, -0.2) is 55.4 Å². The largest absolute Gasteiger partial charge is 0.444 e. The molecule has 0 radical (unpaired) electrons. The molecule has 0 aliphatic carbocycles. The maximum absolute atomic E-state index is 11.9. The zero-order valence-electron chi connectivity index (χ0n) is 13.3. The quantitative estimate of drug-likeness (QED) is 0.758. The van der Waals surface area contributed by atoms with Gasteiger partial charge < -0.3 is 30.0 Å². The van der Waals surface area contributed by atoms with Crippen molar-refractivity contribution in [2.45, 2.75) is 50.5 Å². The number of hydrogen-bond acceptors (Lipinski definition) is 6. The summed E-state index contributed by atoms with van der Waals surface area (Å²) in [7, 11) is 0. The van der Waals surface area contributed by atoms with Crippen LogP contribution in [0.1, 0.15) is 33.6 Å². The highest BCUT2D eigenvalue weighted by atomic mass is 16.7. The Morgan fingerprint density at radius 2 is 1.68 bits per heavy atom. The summed E-state index contributed by atoms with van der Waals surface area (Å²) in [6, 6.07) is 0. The maximum atomic E-state index is 11.9. The van der Waals surface area contributed by atoms with Gasteiger partial charge in [-0.25, -0.2) is 4.79 Å². The fraction of sp³-hybridized carbons (Fsp3) is 0.857. The van der Waals surface area contributed by atoms with Gasteiger partial charge in [0.05, 0.1) is 26.4 Å². The molecule has 2 amide bonds. The third-order valence-corrected chi connectivity index (χ3v) is 3.63. The predicted octanol–water partition coefficient (Wildman–Crippen LogP) is 0.289. The fourth-order valence-electron chi connectivity index (χ4n) is 2.34. The zero-order valence-corrected chi connectivity index (χ0v) is 13.3. The van der Waals surface area contributed by atoms with E-state index in [-0.39, 0.29) is 13.2 Å². The van der Waals surface area contributed by atoms with Crippen LogP contribution in [-0.2, 0) is 23.7 Å². The minimum atomic E-state index is -1.42. The van der Waals surface area contributed by atoms with Crippen LogP contribution in [0.4, 0.5) is 4.79 Å². The van der Waals surface area contributed by atoms with E-state index in [0.717, 1.165) is 0 Å². The summed E-state index contributed by atoms with van der Waals surface area (Å²) in [4.78, 5) is 23.7. The Morgan fingerprint density at radius 3 is 2.14 bits per heavy atom. The fourth-order valence-corrected chi connectivity index (χ4v) is 2.34. The number of nitrogens with one attached hydrogen (secondary N) is 1. The summed E-state index contributed by atoms with van der Waals surface area (Å²) in [5, 5.41) is 2.49. The van der Waals surface area contributed by atoms with Crippen LogP contribution in [0.15, 0.2) is 0 Å². The summed E-state index contributed by atoms with van der Waals surface area (Å²) < 4.78 is 21.9. The molecule has 0 bridgehead atoms. The number of alkyl carbamates (subject to hydrolysis) is 1. The molecule has 2 heterocycles. The first-order valence-corrected chi connectivity index (χ1v) is 7.33. The second kappa shape index (κ2) is 6.02. The lowest BCUT2D eigenvalue weighted by Crippen LogP contribution is -2.68. The van der Waals surface area contributed by atoms with Gasteiger partial charge in [0.2, 0.25) is 5.91 Å². The molecule has 3 N–H and O–H groups in total. The highest BCUT2D eigenvalue weighted by Gasteiger charge is 2.50. The van der Waals surface area contributed by atoms with Crippen LogP contribution < -0.4 is 11.1 Å². The van der Waals surface area contributed by atoms with Crippen molar-refractivity contribution < 1.29 is 28.5 Å². The van der Waals surface area contributed by atoms with Crippen LogP contribution in [0.25, 0.3) is 0 Å². The first kappa shape index (κ1) is 17.0. The summed E-state index contributed by atoms with van der Waals surface area (Å²) in [6.07, 6.45) is 0.421. The highest BCUT2D eigenvalue weighted by molar-refractivity contribution is 5.89. The third kappa shape index (κ3) is 3.88. The SMILES string of the molecule is CC(C)(C)OC(=O)NC1(C(N)=O)COC2(CCOCC2)OC1.